The Hall–Kier alpha value is -1.79. The van der Waals surface area contributed by atoms with Crippen LogP contribution >= 0.6 is 11.6 Å². The third kappa shape index (κ3) is 2.72. The van der Waals surface area contributed by atoms with Crippen molar-refractivity contribution in [2.24, 2.45) is 5.92 Å². The minimum atomic E-state index is -1.14. The van der Waals surface area contributed by atoms with Gasteiger partial charge in [0.15, 0.2) is 5.75 Å². The van der Waals surface area contributed by atoms with Crippen LogP contribution in [0.1, 0.15) is 0 Å². The molecule has 0 saturated carbocycles. The van der Waals surface area contributed by atoms with Crippen LogP contribution in [0.5, 0.6) is 5.75 Å². The summed E-state index contributed by atoms with van der Waals surface area (Å²) >= 11 is 5.69. The number of aliphatic hydroxyl groups is 1. The van der Waals surface area contributed by atoms with E-state index in [0.717, 1.165) is 0 Å². The number of hydrogen-bond acceptors (Lipinski definition) is 4. The summed E-state index contributed by atoms with van der Waals surface area (Å²) in [6.07, 6.45) is -1.04. The molecule has 0 radical (unpaired) electrons. The van der Waals surface area contributed by atoms with Gasteiger partial charge in [-0.1, -0.05) is 11.6 Å². The SMILES string of the molecule is O=C1NCC(O)C1C(=O)NOc1ccc(Cl)cc1. The number of benzene rings is 1. The van der Waals surface area contributed by atoms with Crippen LogP contribution in [-0.4, -0.2) is 29.6 Å². The Kier molecular flexibility index (Phi) is 3.69. The van der Waals surface area contributed by atoms with E-state index in [1.165, 1.54) is 0 Å². The maximum atomic E-state index is 11.6. The Morgan fingerprint density at radius 3 is 2.67 bits per heavy atom. The van der Waals surface area contributed by atoms with Crippen LogP contribution in [0.3, 0.4) is 0 Å². The molecular weight excluding hydrogens is 260 g/mol. The average molecular weight is 271 g/mol. The third-order valence-electron chi connectivity index (χ3n) is 2.52. The number of carbonyl (C=O) groups excluding carboxylic acids is 2. The predicted octanol–water partition coefficient (Wildman–Crippen LogP) is -0.143. The summed E-state index contributed by atoms with van der Waals surface area (Å²) in [7, 11) is 0. The fraction of sp³-hybridized carbons (Fsp3) is 0.273. The lowest BCUT2D eigenvalue weighted by atomic mass is 10.1. The summed E-state index contributed by atoms with van der Waals surface area (Å²) in [5, 5.41) is 12.4. The molecule has 2 atom stereocenters. The number of rotatable bonds is 3. The topological polar surface area (TPSA) is 87.7 Å². The van der Waals surface area contributed by atoms with E-state index in [0.29, 0.717) is 10.8 Å². The number of amides is 2. The highest BCUT2D eigenvalue weighted by atomic mass is 35.5. The number of aliphatic hydroxyl groups excluding tert-OH is 1. The molecule has 1 aromatic carbocycles. The van der Waals surface area contributed by atoms with Crippen LogP contribution in [-0.2, 0) is 9.59 Å². The van der Waals surface area contributed by atoms with E-state index in [-0.39, 0.29) is 6.54 Å². The van der Waals surface area contributed by atoms with Gasteiger partial charge in [-0.2, -0.15) is 5.48 Å². The standard InChI is InChI=1S/C11H11ClN2O4/c12-6-1-3-7(4-2-6)18-14-11(17)9-8(15)5-13-10(9)16/h1-4,8-9,15H,5H2,(H,13,16)(H,14,17). The molecule has 96 valence electrons. The summed E-state index contributed by atoms with van der Waals surface area (Å²) in [5.41, 5.74) is 2.12. The highest BCUT2D eigenvalue weighted by molar-refractivity contribution is 6.30. The van der Waals surface area contributed by atoms with E-state index in [1.807, 2.05) is 0 Å². The van der Waals surface area contributed by atoms with Crippen molar-refractivity contribution < 1.29 is 19.5 Å². The lowest BCUT2D eigenvalue weighted by Gasteiger charge is -2.12. The van der Waals surface area contributed by atoms with Crippen molar-refractivity contribution in [2.45, 2.75) is 6.10 Å². The van der Waals surface area contributed by atoms with Gasteiger partial charge in [-0.25, -0.2) is 0 Å². The summed E-state index contributed by atoms with van der Waals surface area (Å²) in [6.45, 7) is 0.0673. The Bertz CT molecular complexity index is 463. The molecule has 1 heterocycles. The van der Waals surface area contributed by atoms with Crippen molar-refractivity contribution >= 4 is 23.4 Å². The van der Waals surface area contributed by atoms with Crippen LogP contribution in [0.25, 0.3) is 0 Å². The third-order valence-corrected chi connectivity index (χ3v) is 2.77. The molecule has 2 amide bonds. The Morgan fingerprint density at radius 2 is 2.11 bits per heavy atom. The largest absolute Gasteiger partial charge is 0.390 e. The smallest absolute Gasteiger partial charge is 0.267 e. The first-order valence-electron chi connectivity index (χ1n) is 5.26. The normalized spacial score (nSPS) is 22.4. The van der Waals surface area contributed by atoms with Crippen molar-refractivity contribution in [2.75, 3.05) is 6.54 Å². The Labute approximate surface area is 108 Å². The highest BCUT2D eigenvalue weighted by Gasteiger charge is 2.39. The van der Waals surface area contributed by atoms with E-state index in [9.17, 15) is 14.7 Å². The van der Waals surface area contributed by atoms with E-state index in [2.05, 4.69) is 10.8 Å². The maximum Gasteiger partial charge on any atom is 0.267 e. The molecule has 1 aliphatic heterocycles. The van der Waals surface area contributed by atoms with Gasteiger partial charge in [0, 0.05) is 11.6 Å². The van der Waals surface area contributed by atoms with Crippen LogP contribution < -0.4 is 15.6 Å². The lowest BCUT2D eigenvalue weighted by molar-refractivity contribution is -0.140. The minimum absolute atomic E-state index is 0.0673. The van der Waals surface area contributed by atoms with E-state index in [4.69, 9.17) is 16.4 Å². The van der Waals surface area contributed by atoms with Gasteiger partial charge >= 0.3 is 0 Å². The van der Waals surface area contributed by atoms with Gasteiger partial charge in [-0.3, -0.25) is 9.59 Å². The van der Waals surface area contributed by atoms with Gasteiger partial charge in [0.2, 0.25) is 5.91 Å². The first-order chi connectivity index (χ1) is 8.58. The second-order valence-corrected chi connectivity index (χ2v) is 4.25. The fourth-order valence-corrected chi connectivity index (χ4v) is 1.70. The van der Waals surface area contributed by atoms with Gasteiger partial charge < -0.3 is 15.3 Å². The Morgan fingerprint density at radius 1 is 1.44 bits per heavy atom. The van der Waals surface area contributed by atoms with Crippen molar-refractivity contribution in [1.82, 2.24) is 10.8 Å². The van der Waals surface area contributed by atoms with Crippen molar-refractivity contribution in [3.05, 3.63) is 29.3 Å². The Balaban J connectivity index is 1.92. The fourth-order valence-electron chi connectivity index (χ4n) is 1.58. The van der Waals surface area contributed by atoms with Crippen LogP contribution in [0.2, 0.25) is 5.02 Å². The van der Waals surface area contributed by atoms with Crippen LogP contribution in [0, 0.1) is 5.92 Å². The number of nitrogens with one attached hydrogen (secondary N) is 2. The molecule has 0 aliphatic carbocycles. The average Bonchev–Trinajstić information content (AvgIpc) is 2.68. The molecule has 18 heavy (non-hydrogen) atoms. The predicted molar refractivity (Wildman–Crippen MR) is 62.7 cm³/mol. The number of carbonyl (C=O) groups is 2. The lowest BCUT2D eigenvalue weighted by Crippen LogP contribution is -2.40. The number of halogens is 1. The zero-order valence-electron chi connectivity index (χ0n) is 9.22. The number of β-amino-alcohol motifs (C(OH)–C–C–N with tert-alkyl or cyclic N) is 1. The van der Waals surface area contributed by atoms with Gasteiger partial charge in [0.25, 0.3) is 5.91 Å². The van der Waals surface area contributed by atoms with Crippen LogP contribution in [0.15, 0.2) is 24.3 Å². The second-order valence-electron chi connectivity index (χ2n) is 3.81. The number of hydrogen-bond donors (Lipinski definition) is 3. The summed E-state index contributed by atoms with van der Waals surface area (Å²) in [6, 6.07) is 6.32. The highest BCUT2D eigenvalue weighted by Crippen LogP contribution is 2.15. The summed E-state index contributed by atoms with van der Waals surface area (Å²) in [5.74, 6) is -1.97. The molecule has 7 heteroatoms. The quantitative estimate of drug-likeness (QED) is 0.527. The van der Waals surface area contributed by atoms with Crippen molar-refractivity contribution in [1.29, 1.82) is 0 Å². The molecule has 1 aliphatic rings. The molecule has 2 rings (SSSR count). The first kappa shape index (κ1) is 12.7. The van der Waals surface area contributed by atoms with Crippen molar-refractivity contribution in [3.63, 3.8) is 0 Å². The van der Waals surface area contributed by atoms with Gasteiger partial charge in [0.1, 0.15) is 5.92 Å². The van der Waals surface area contributed by atoms with Gasteiger partial charge in [-0.05, 0) is 24.3 Å². The molecule has 1 fully saturated rings. The first-order valence-corrected chi connectivity index (χ1v) is 5.64. The zero-order chi connectivity index (χ0) is 13.1. The zero-order valence-corrected chi connectivity index (χ0v) is 9.98. The molecule has 2 unspecified atom stereocenters. The van der Waals surface area contributed by atoms with Crippen molar-refractivity contribution in [3.8, 4) is 5.75 Å². The molecule has 0 bridgehead atoms. The van der Waals surface area contributed by atoms with E-state index < -0.39 is 23.8 Å². The summed E-state index contributed by atoms with van der Waals surface area (Å²) in [4.78, 5) is 27.9. The second kappa shape index (κ2) is 5.24. The molecular formula is C11H11ClN2O4. The molecule has 0 spiro atoms. The molecule has 6 nitrogen and oxygen atoms in total. The number of hydroxylamine groups is 1. The molecule has 1 aromatic rings. The molecule has 0 aromatic heterocycles. The van der Waals surface area contributed by atoms with E-state index >= 15 is 0 Å². The van der Waals surface area contributed by atoms with Crippen LogP contribution in [0.4, 0.5) is 0 Å². The molecule has 1 saturated heterocycles. The monoisotopic (exact) mass is 270 g/mol. The maximum absolute atomic E-state index is 11.6. The van der Waals surface area contributed by atoms with E-state index in [1.54, 1.807) is 24.3 Å². The van der Waals surface area contributed by atoms with Gasteiger partial charge in [-0.15, -0.1) is 0 Å². The molecule has 3 N–H and O–H groups in total. The van der Waals surface area contributed by atoms with Gasteiger partial charge in [0.05, 0.1) is 6.10 Å². The summed E-state index contributed by atoms with van der Waals surface area (Å²) < 4.78 is 0. The minimum Gasteiger partial charge on any atom is -0.390 e.